The number of benzene rings is 1. The summed E-state index contributed by atoms with van der Waals surface area (Å²) in [6.07, 6.45) is 8.11. The summed E-state index contributed by atoms with van der Waals surface area (Å²) in [6, 6.07) is 10.1. The molecule has 7 nitrogen and oxygen atoms in total. The molecule has 0 aliphatic carbocycles. The number of thioether (sulfide) groups is 1. The third kappa shape index (κ3) is 2.60. The molecule has 4 heterocycles. The van der Waals surface area contributed by atoms with E-state index in [2.05, 4.69) is 32.2 Å². The van der Waals surface area contributed by atoms with Crippen LogP contribution in [0, 0.1) is 0 Å². The highest BCUT2D eigenvalue weighted by molar-refractivity contribution is 7.98. The Hall–Kier alpha value is -3.13. The number of hydrogen-bond acceptors (Lipinski definition) is 5. The molecule has 0 spiro atoms. The van der Waals surface area contributed by atoms with Crippen LogP contribution in [0.1, 0.15) is 5.56 Å². The van der Waals surface area contributed by atoms with Gasteiger partial charge in [0, 0.05) is 36.0 Å². The lowest BCUT2D eigenvalue weighted by atomic mass is 10.1. The number of pyridine rings is 1. The Labute approximate surface area is 158 Å². The first-order valence-corrected chi connectivity index (χ1v) is 9.81. The zero-order valence-electron chi connectivity index (χ0n) is 14.6. The van der Waals surface area contributed by atoms with Crippen LogP contribution in [0.3, 0.4) is 0 Å². The number of aromatic amines is 1. The van der Waals surface area contributed by atoms with Gasteiger partial charge in [-0.15, -0.1) is 5.10 Å². The van der Waals surface area contributed by atoms with E-state index in [1.165, 1.54) is 22.7 Å². The second kappa shape index (κ2) is 6.24. The van der Waals surface area contributed by atoms with Gasteiger partial charge in [0.15, 0.2) is 0 Å². The molecule has 8 heteroatoms. The van der Waals surface area contributed by atoms with Gasteiger partial charge in [0.05, 0.1) is 10.9 Å². The van der Waals surface area contributed by atoms with Gasteiger partial charge in [-0.2, -0.15) is 9.50 Å². The first kappa shape index (κ1) is 16.1. The number of H-pyrrole nitrogens is 1. The summed E-state index contributed by atoms with van der Waals surface area (Å²) in [5.74, 6) is 0.503. The van der Waals surface area contributed by atoms with E-state index < -0.39 is 0 Å². The van der Waals surface area contributed by atoms with Gasteiger partial charge in [-0.1, -0.05) is 30.0 Å². The van der Waals surface area contributed by atoms with Crippen molar-refractivity contribution in [3.05, 3.63) is 64.8 Å². The van der Waals surface area contributed by atoms with Crippen molar-refractivity contribution in [3.8, 4) is 0 Å². The number of para-hydroxylation sites is 1. The van der Waals surface area contributed by atoms with Gasteiger partial charge >= 0.3 is 0 Å². The normalized spacial score (nSPS) is 11.7. The maximum absolute atomic E-state index is 12.9. The predicted molar refractivity (Wildman–Crippen MR) is 106 cm³/mol. The molecule has 1 aromatic carbocycles. The van der Waals surface area contributed by atoms with E-state index in [0.29, 0.717) is 22.9 Å². The summed E-state index contributed by atoms with van der Waals surface area (Å²) in [5.41, 5.74) is 2.97. The van der Waals surface area contributed by atoms with Crippen molar-refractivity contribution in [2.45, 2.75) is 18.1 Å². The van der Waals surface area contributed by atoms with E-state index in [0.717, 1.165) is 17.5 Å². The number of rotatable bonds is 4. The van der Waals surface area contributed by atoms with Crippen LogP contribution in [0.4, 0.5) is 0 Å². The Morgan fingerprint density at radius 1 is 1.19 bits per heavy atom. The van der Waals surface area contributed by atoms with Gasteiger partial charge < -0.3 is 9.55 Å². The molecule has 0 bridgehead atoms. The molecule has 0 saturated heterocycles. The third-order valence-corrected chi connectivity index (χ3v) is 5.31. The van der Waals surface area contributed by atoms with Gasteiger partial charge in [0.1, 0.15) is 0 Å². The molecule has 0 atom stereocenters. The molecular weight excluding hydrogens is 360 g/mol. The molecule has 5 aromatic rings. The Morgan fingerprint density at radius 3 is 2.96 bits per heavy atom. The summed E-state index contributed by atoms with van der Waals surface area (Å²) in [7, 11) is 0. The quantitative estimate of drug-likeness (QED) is 0.488. The van der Waals surface area contributed by atoms with Crippen LogP contribution in [0.25, 0.3) is 27.6 Å². The minimum absolute atomic E-state index is 0.0667. The molecule has 0 fully saturated rings. The zero-order chi connectivity index (χ0) is 18.4. The maximum atomic E-state index is 12.9. The maximum Gasteiger partial charge on any atom is 0.261 e. The Kier molecular flexibility index (Phi) is 3.71. The smallest absolute Gasteiger partial charge is 0.261 e. The summed E-state index contributed by atoms with van der Waals surface area (Å²) in [5, 5.41) is 6.78. The molecule has 0 amide bonds. The summed E-state index contributed by atoms with van der Waals surface area (Å²) in [6.45, 7) is 0.599. The van der Waals surface area contributed by atoms with Crippen LogP contribution in [0.5, 0.6) is 0 Å². The minimum Gasteiger partial charge on any atom is -0.361 e. The molecular formula is C19H16N6OS. The second-order valence-corrected chi connectivity index (χ2v) is 7.06. The van der Waals surface area contributed by atoms with Crippen LogP contribution >= 0.6 is 11.8 Å². The van der Waals surface area contributed by atoms with E-state index in [9.17, 15) is 4.79 Å². The molecule has 0 aliphatic rings. The average molecular weight is 376 g/mol. The van der Waals surface area contributed by atoms with Crippen molar-refractivity contribution in [2.75, 3.05) is 6.26 Å². The third-order valence-electron chi connectivity index (χ3n) is 4.77. The van der Waals surface area contributed by atoms with Crippen molar-refractivity contribution in [3.63, 3.8) is 0 Å². The number of aromatic nitrogens is 6. The van der Waals surface area contributed by atoms with Crippen molar-refractivity contribution < 1.29 is 0 Å². The van der Waals surface area contributed by atoms with Gasteiger partial charge in [0.2, 0.25) is 5.16 Å². The molecule has 1 N–H and O–H groups in total. The number of fused-ring (bicyclic) bond motifs is 4. The van der Waals surface area contributed by atoms with E-state index in [4.69, 9.17) is 0 Å². The van der Waals surface area contributed by atoms with Crippen LogP contribution in [0.2, 0.25) is 0 Å². The fraction of sp³-hybridized carbons (Fsp3) is 0.158. The fourth-order valence-corrected chi connectivity index (χ4v) is 3.72. The summed E-state index contributed by atoms with van der Waals surface area (Å²) >= 11 is 1.45. The predicted octanol–water partition coefficient (Wildman–Crippen LogP) is 2.89. The number of hydrogen-bond donors (Lipinski definition) is 1. The molecule has 4 aromatic heterocycles. The van der Waals surface area contributed by atoms with E-state index >= 15 is 0 Å². The first-order chi connectivity index (χ1) is 13.2. The van der Waals surface area contributed by atoms with Crippen molar-refractivity contribution in [1.29, 1.82) is 0 Å². The van der Waals surface area contributed by atoms with Gasteiger partial charge in [-0.3, -0.25) is 4.79 Å². The fourth-order valence-electron chi connectivity index (χ4n) is 3.38. The molecule has 0 radical (unpaired) electrons. The number of nitrogens with one attached hydrogen (secondary N) is 1. The minimum atomic E-state index is -0.0667. The second-order valence-electron chi connectivity index (χ2n) is 6.29. The largest absolute Gasteiger partial charge is 0.361 e. The van der Waals surface area contributed by atoms with Crippen molar-refractivity contribution in [2.24, 2.45) is 0 Å². The molecule has 0 aliphatic heterocycles. The first-order valence-electron chi connectivity index (χ1n) is 8.58. The van der Waals surface area contributed by atoms with Crippen molar-refractivity contribution >= 4 is 39.3 Å². The number of nitrogens with zero attached hydrogens (tertiary/aromatic N) is 5. The van der Waals surface area contributed by atoms with E-state index in [1.54, 1.807) is 15.3 Å². The molecule has 5 rings (SSSR count). The monoisotopic (exact) mass is 376 g/mol. The van der Waals surface area contributed by atoms with E-state index in [1.807, 2.05) is 36.8 Å². The van der Waals surface area contributed by atoms with Gasteiger partial charge in [-0.05, 0) is 30.4 Å². The van der Waals surface area contributed by atoms with Gasteiger partial charge in [-0.25, -0.2) is 4.98 Å². The number of aryl methyl sites for hydroxylation is 2. The lowest BCUT2D eigenvalue weighted by Gasteiger charge is -2.07. The molecule has 0 unspecified atom stereocenters. The summed E-state index contributed by atoms with van der Waals surface area (Å²) < 4.78 is 3.36. The van der Waals surface area contributed by atoms with E-state index in [-0.39, 0.29) is 5.56 Å². The van der Waals surface area contributed by atoms with Crippen molar-refractivity contribution in [1.82, 2.24) is 29.1 Å². The Bertz CT molecular complexity index is 1350. The topological polar surface area (TPSA) is 80.9 Å². The Balaban J connectivity index is 1.53. The summed E-state index contributed by atoms with van der Waals surface area (Å²) in [4.78, 5) is 24.8. The van der Waals surface area contributed by atoms with Crippen LogP contribution < -0.4 is 5.56 Å². The molecule has 134 valence electrons. The SMILES string of the molecule is CSc1nc2ncc3c(=O)n(CCc4c[nH]c5ccccc45)ccc3n2n1. The lowest BCUT2D eigenvalue weighted by Crippen LogP contribution is -2.21. The molecule has 27 heavy (non-hydrogen) atoms. The average Bonchev–Trinajstić information content (AvgIpc) is 3.31. The van der Waals surface area contributed by atoms with Crippen LogP contribution in [-0.4, -0.2) is 35.4 Å². The van der Waals surface area contributed by atoms with Crippen LogP contribution in [0.15, 0.2) is 58.9 Å². The molecule has 0 saturated carbocycles. The highest BCUT2D eigenvalue weighted by Crippen LogP contribution is 2.19. The highest BCUT2D eigenvalue weighted by atomic mass is 32.2. The standard InChI is InChI=1S/C19H16N6OS/c1-27-19-22-18-21-11-14-16(25(18)23-19)7-9-24(17(14)26)8-6-12-10-20-15-5-3-2-4-13(12)15/h2-5,7,9-11,20H,6,8H2,1H3. The highest BCUT2D eigenvalue weighted by Gasteiger charge is 2.11. The Morgan fingerprint density at radius 2 is 2.07 bits per heavy atom. The van der Waals surface area contributed by atoms with Crippen LogP contribution in [-0.2, 0) is 13.0 Å². The van der Waals surface area contributed by atoms with Gasteiger partial charge in [0.25, 0.3) is 11.3 Å². The zero-order valence-corrected chi connectivity index (χ0v) is 15.4. The lowest BCUT2D eigenvalue weighted by molar-refractivity contribution is 0.676.